The standard InChI is InChI=1S/C45H71N7O13/c1-32(2)40(51-37(54)13-7-6-8-23-52-38(55)18-19-39(52)56)36(53)30-34(12-9-20-47-42(46)58)41(57)50-35-16-14-33(15-17-35)31-64-43(59)48-21-10-24-61-26-28-63-29-27-62-25-11-22-49-44(60)65-45(3,4)5/h14-19,32,34,40H,6-13,20-31H2,1-5H3,(H,48,59)(H,49,60)(H,50,57)(H,51,54)(H3,46,47,58)/t34-,40+/m1/s1. The Morgan fingerprint density at radius 3 is 1.85 bits per heavy atom. The summed E-state index contributed by atoms with van der Waals surface area (Å²) in [6.07, 6.45) is 4.91. The zero-order valence-corrected chi connectivity index (χ0v) is 38.7. The second-order valence-corrected chi connectivity index (χ2v) is 16.7. The molecule has 1 aromatic rings. The van der Waals surface area contributed by atoms with Crippen molar-refractivity contribution in [3.63, 3.8) is 0 Å². The smallest absolute Gasteiger partial charge is 0.407 e. The van der Waals surface area contributed by atoms with Crippen LogP contribution >= 0.6 is 0 Å². The van der Waals surface area contributed by atoms with Gasteiger partial charge in [0.05, 0.1) is 32.5 Å². The van der Waals surface area contributed by atoms with Gasteiger partial charge in [-0.1, -0.05) is 32.4 Å². The third kappa shape index (κ3) is 26.1. The van der Waals surface area contributed by atoms with Gasteiger partial charge in [-0.2, -0.15) is 0 Å². The number of imide groups is 1. The summed E-state index contributed by atoms with van der Waals surface area (Å²) in [7, 11) is 0. The van der Waals surface area contributed by atoms with Crippen molar-refractivity contribution in [2.24, 2.45) is 17.6 Å². The van der Waals surface area contributed by atoms with E-state index in [1.165, 1.54) is 12.2 Å². The number of nitrogens with one attached hydrogen (secondary N) is 5. The molecule has 8 amide bonds. The van der Waals surface area contributed by atoms with E-state index in [9.17, 15) is 38.4 Å². The first-order chi connectivity index (χ1) is 30.9. The number of anilines is 1. The lowest BCUT2D eigenvalue weighted by Crippen LogP contribution is -2.45. The topological polar surface area (TPSA) is 272 Å². The van der Waals surface area contributed by atoms with Gasteiger partial charge in [0.25, 0.3) is 11.8 Å². The highest BCUT2D eigenvalue weighted by Crippen LogP contribution is 2.20. The molecule has 364 valence electrons. The molecule has 0 bridgehead atoms. The Kier molecular flexibility index (Phi) is 26.7. The lowest BCUT2D eigenvalue weighted by Gasteiger charge is -2.24. The summed E-state index contributed by atoms with van der Waals surface area (Å²) in [6, 6.07) is 5.16. The van der Waals surface area contributed by atoms with Gasteiger partial charge in [0.1, 0.15) is 12.2 Å². The Bertz CT molecular complexity index is 1680. The minimum Gasteiger partial charge on any atom is -0.445 e. The molecular formula is C45H71N7O13. The number of alkyl carbamates (subject to hydrolysis) is 2. The maximum absolute atomic E-state index is 13.6. The van der Waals surface area contributed by atoms with Gasteiger partial charge < -0.3 is 56.0 Å². The SMILES string of the molecule is CC(C)[C@H](NC(=O)CCCCCN1C(=O)C=CC1=O)C(=O)C[C@@H](CCCNC(N)=O)C(=O)Nc1ccc(COC(=O)NCCCOCCOCCOCCCNC(=O)OC(C)(C)C)cc1. The molecular weight excluding hydrogens is 847 g/mol. The summed E-state index contributed by atoms with van der Waals surface area (Å²) < 4.78 is 27.0. The number of carbonyl (C=O) groups is 8. The van der Waals surface area contributed by atoms with Gasteiger partial charge in [0.15, 0.2) is 5.78 Å². The average Bonchev–Trinajstić information content (AvgIpc) is 3.56. The van der Waals surface area contributed by atoms with Crippen LogP contribution in [0.2, 0.25) is 0 Å². The van der Waals surface area contributed by atoms with E-state index in [4.69, 9.17) is 29.4 Å². The number of ketones is 1. The van der Waals surface area contributed by atoms with Gasteiger partial charge in [-0.3, -0.25) is 28.9 Å². The number of urea groups is 1. The number of hydrogen-bond donors (Lipinski definition) is 6. The summed E-state index contributed by atoms with van der Waals surface area (Å²) in [6.45, 7) is 12.8. The first kappa shape index (κ1) is 55.5. The summed E-state index contributed by atoms with van der Waals surface area (Å²) in [5, 5.41) is 13.5. The number of hydrogen-bond acceptors (Lipinski definition) is 13. The minimum absolute atomic E-state index is 0.00871. The van der Waals surface area contributed by atoms with Gasteiger partial charge in [0.2, 0.25) is 11.8 Å². The van der Waals surface area contributed by atoms with E-state index in [0.29, 0.717) is 103 Å². The molecule has 1 aromatic carbocycles. The monoisotopic (exact) mass is 918 g/mol. The number of ether oxygens (including phenoxy) is 5. The molecule has 2 atom stereocenters. The molecule has 7 N–H and O–H groups in total. The quantitative estimate of drug-likeness (QED) is 0.0433. The zero-order chi connectivity index (χ0) is 48.0. The maximum atomic E-state index is 13.6. The second-order valence-electron chi connectivity index (χ2n) is 16.7. The number of benzene rings is 1. The number of carbonyl (C=O) groups excluding carboxylic acids is 8. The third-order valence-electron chi connectivity index (χ3n) is 9.57. The van der Waals surface area contributed by atoms with Crippen molar-refractivity contribution in [2.45, 2.75) is 111 Å². The largest absolute Gasteiger partial charge is 0.445 e. The van der Waals surface area contributed by atoms with Crippen LogP contribution in [-0.4, -0.2) is 130 Å². The van der Waals surface area contributed by atoms with Crippen molar-refractivity contribution in [1.29, 1.82) is 0 Å². The Hall–Kier alpha value is -5.60. The molecule has 0 aromatic heterocycles. The molecule has 1 heterocycles. The maximum Gasteiger partial charge on any atom is 0.407 e. The van der Waals surface area contributed by atoms with Crippen LogP contribution in [0.5, 0.6) is 0 Å². The summed E-state index contributed by atoms with van der Waals surface area (Å²) >= 11 is 0. The van der Waals surface area contributed by atoms with Gasteiger partial charge in [-0.15, -0.1) is 0 Å². The highest BCUT2D eigenvalue weighted by Gasteiger charge is 2.30. The van der Waals surface area contributed by atoms with Gasteiger partial charge in [0, 0.05) is 76.0 Å². The van der Waals surface area contributed by atoms with Crippen LogP contribution < -0.4 is 32.3 Å². The number of nitrogens with two attached hydrogens (primary N) is 1. The number of amides is 8. The molecule has 0 spiro atoms. The Labute approximate surface area is 382 Å². The van der Waals surface area contributed by atoms with Crippen LogP contribution in [0.4, 0.5) is 20.1 Å². The first-order valence-corrected chi connectivity index (χ1v) is 22.3. The predicted molar refractivity (Wildman–Crippen MR) is 240 cm³/mol. The Morgan fingerprint density at radius 1 is 0.708 bits per heavy atom. The van der Waals surface area contributed by atoms with E-state index in [1.54, 1.807) is 58.9 Å². The first-order valence-electron chi connectivity index (χ1n) is 22.3. The van der Waals surface area contributed by atoms with Crippen LogP contribution in [0, 0.1) is 11.8 Å². The van der Waals surface area contributed by atoms with Crippen molar-refractivity contribution in [3.05, 3.63) is 42.0 Å². The fourth-order valence-electron chi connectivity index (χ4n) is 6.22. The zero-order valence-electron chi connectivity index (χ0n) is 38.7. The summed E-state index contributed by atoms with van der Waals surface area (Å²) in [5.41, 5.74) is 5.79. The molecule has 20 heteroatoms. The Balaban J connectivity index is 1.67. The molecule has 0 saturated heterocycles. The molecule has 0 aliphatic carbocycles. The number of nitrogens with zero attached hydrogens (tertiary/aromatic N) is 1. The van der Waals surface area contributed by atoms with E-state index in [-0.39, 0.29) is 68.4 Å². The lowest BCUT2D eigenvalue weighted by molar-refractivity contribution is -0.137. The van der Waals surface area contributed by atoms with Crippen LogP contribution in [0.25, 0.3) is 0 Å². The lowest BCUT2D eigenvalue weighted by atomic mass is 9.89. The third-order valence-corrected chi connectivity index (χ3v) is 9.57. The normalized spacial score (nSPS) is 13.3. The average molecular weight is 918 g/mol. The van der Waals surface area contributed by atoms with Gasteiger partial charge in [-0.25, -0.2) is 14.4 Å². The van der Waals surface area contributed by atoms with Crippen LogP contribution in [0.3, 0.4) is 0 Å². The highest BCUT2D eigenvalue weighted by atomic mass is 16.6. The fraction of sp³-hybridized carbons (Fsp3) is 0.644. The number of Topliss-reactive ketones (excluding diaryl/α,β-unsaturated/α-hetero) is 1. The minimum atomic E-state index is -0.833. The van der Waals surface area contributed by atoms with Crippen LogP contribution in [0.1, 0.15) is 98.0 Å². The fourth-order valence-corrected chi connectivity index (χ4v) is 6.22. The van der Waals surface area contributed by atoms with E-state index >= 15 is 0 Å². The summed E-state index contributed by atoms with van der Waals surface area (Å²) in [4.78, 5) is 99.6. The van der Waals surface area contributed by atoms with E-state index in [2.05, 4.69) is 26.6 Å². The summed E-state index contributed by atoms with van der Waals surface area (Å²) in [5.74, 6) is -2.77. The van der Waals surface area contributed by atoms with E-state index < -0.39 is 41.7 Å². The van der Waals surface area contributed by atoms with Gasteiger partial charge in [-0.05, 0) is 82.9 Å². The molecule has 65 heavy (non-hydrogen) atoms. The number of primary amides is 1. The predicted octanol–water partition coefficient (Wildman–Crippen LogP) is 3.86. The highest BCUT2D eigenvalue weighted by molar-refractivity contribution is 6.12. The van der Waals surface area contributed by atoms with E-state index in [0.717, 1.165) is 4.90 Å². The molecule has 1 aliphatic heterocycles. The van der Waals surface area contributed by atoms with Gasteiger partial charge >= 0.3 is 18.2 Å². The molecule has 1 aliphatic rings. The van der Waals surface area contributed by atoms with Crippen molar-refractivity contribution < 1.29 is 62.0 Å². The molecule has 20 nitrogen and oxygen atoms in total. The molecule has 0 unspecified atom stereocenters. The molecule has 0 radical (unpaired) electrons. The number of rotatable bonds is 33. The van der Waals surface area contributed by atoms with Crippen molar-refractivity contribution in [2.75, 3.05) is 71.1 Å². The Morgan fingerprint density at radius 2 is 1.28 bits per heavy atom. The molecule has 2 rings (SSSR count). The molecule has 0 saturated carbocycles. The van der Waals surface area contributed by atoms with Crippen LogP contribution in [-0.2, 0) is 54.3 Å². The number of unbranched alkanes of at least 4 members (excludes halogenated alkanes) is 2. The van der Waals surface area contributed by atoms with Crippen molar-refractivity contribution in [1.82, 2.24) is 26.2 Å². The van der Waals surface area contributed by atoms with Crippen molar-refractivity contribution >= 4 is 53.3 Å². The molecule has 0 fully saturated rings. The van der Waals surface area contributed by atoms with E-state index in [1.807, 2.05) is 0 Å². The second kappa shape index (κ2) is 31.3. The van der Waals surface area contributed by atoms with Crippen LogP contribution in [0.15, 0.2) is 36.4 Å². The van der Waals surface area contributed by atoms with Crippen molar-refractivity contribution in [3.8, 4) is 0 Å².